The van der Waals surface area contributed by atoms with Crippen molar-refractivity contribution in [3.05, 3.63) is 58.9 Å². The van der Waals surface area contributed by atoms with Crippen LogP contribution in [-0.2, 0) is 0 Å². The topological polar surface area (TPSA) is 38.9 Å². The Morgan fingerprint density at radius 1 is 0.857 bits per heavy atom. The lowest BCUT2D eigenvalue weighted by atomic mass is 10.00. The highest BCUT2D eigenvalue weighted by Gasteiger charge is 2.15. The average molecular weight is 282 g/mol. The van der Waals surface area contributed by atoms with Gasteiger partial charge in [0, 0.05) is 11.1 Å². The normalized spacial score (nSPS) is 10.9. The van der Waals surface area contributed by atoms with Crippen molar-refractivity contribution in [2.75, 3.05) is 0 Å². The predicted molar refractivity (Wildman–Crippen MR) is 79.3 cm³/mol. The fraction of sp³-hybridized carbons (Fsp3) is 0.176. The zero-order valence-corrected chi connectivity index (χ0v) is 12.1. The van der Waals surface area contributed by atoms with Gasteiger partial charge >= 0.3 is 0 Å². The molecule has 4 heteroatoms. The molecule has 0 amide bonds. The third-order valence-corrected chi connectivity index (χ3v) is 3.41. The molecule has 2 aromatic carbocycles. The quantitative estimate of drug-likeness (QED) is 0.696. The van der Waals surface area contributed by atoms with Gasteiger partial charge in [-0.25, -0.2) is 4.39 Å². The SMILES string of the molecule is Cc1cc(C)c(-c2nnc(-c3ccc(F)cc3)o2)c(C)c1. The molecule has 0 saturated heterocycles. The van der Waals surface area contributed by atoms with Crippen molar-refractivity contribution in [1.82, 2.24) is 10.2 Å². The van der Waals surface area contributed by atoms with Gasteiger partial charge in [-0.3, -0.25) is 0 Å². The Bertz CT molecular complexity index is 768. The van der Waals surface area contributed by atoms with Crippen LogP contribution in [0.25, 0.3) is 22.9 Å². The van der Waals surface area contributed by atoms with E-state index in [4.69, 9.17) is 4.42 Å². The molecule has 0 fully saturated rings. The maximum Gasteiger partial charge on any atom is 0.248 e. The lowest BCUT2D eigenvalue weighted by Crippen LogP contribution is -1.90. The van der Waals surface area contributed by atoms with Crippen molar-refractivity contribution >= 4 is 0 Å². The van der Waals surface area contributed by atoms with Gasteiger partial charge in [0.25, 0.3) is 0 Å². The van der Waals surface area contributed by atoms with Crippen molar-refractivity contribution in [2.45, 2.75) is 20.8 Å². The molecule has 0 aliphatic heterocycles. The Morgan fingerprint density at radius 3 is 2.05 bits per heavy atom. The van der Waals surface area contributed by atoms with Gasteiger partial charge in [0.15, 0.2) is 0 Å². The maximum atomic E-state index is 12.9. The van der Waals surface area contributed by atoms with Crippen molar-refractivity contribution in [1.29, 1.82) is 0 Å². The van der Waals surface area contributed by atoms with Crippen molar-refractivity contribution in [2.24, 2.45) is 0 Å². The number of rotatable bonds is 2. The molecule has 0 aliphatic rings. The van der Waals surface area contributed by atoms with Crippen LogP contribution in [0.4, 0.5) is 4.39 Å². The van der Waals surface area contributed by atoms with E-state index in [-0.39, 0.29) is 5.82 Å². The van der Waals surface area contributed by atoms with Gasteiger partial charge < -0.3 is 4.42 Å². The minimum atomic E-state index is -0.288. The third-order valence-electron chi connectivity index (χ3n) is 3.41. The second kappa shape index (κ2) is 5.13. The number of hydrogen-bond acceptors (Lipinski definition) is 3. The monoisotopic (exact) mass is 282 g/mol. The molecule has 0 bridgehead atoms. The Labute approximate surface area is 122 Å². The average Bonchev–Trinajstić information content (AvgIpc) is 2.87. The third kappa shape index (κ3) is 2.57. The molecule has 0 atom stereocenters. The molecule has 3 aromatic rings. The van der Waals surface area contributed by atoms with E-state index in [1.807, 2.05) is 13.8 Å². The zero-order valence-electron chi connectivity index (χ0n) is 12.1. The summed E-state index contributed by atoms with van der Waals surface area (Å²) in [7, 11) is 0. The zero-order chi connectivity index (χ0) is 15.0. The first kappa shape index (κ1) is 13.5. The van der Waals surface area contributed by atoms with Gasteiger partial charge in [0.05, 0.1) is 0 Å². The van der Waals surface area contributed by atoms with E-state index in [1.165, 1.54) is 17.7 Å². The molecule has 3 rings (SSSR count). The molecule has 1 heterocycles. The second-order valence-electron chi connectivity index (χ2n) is 5.19. The molecule has 106 valence electrons. The maximum absolute atomic E-state index is 12.9. The summed E-state index contributed by atoms with van der Waals surface area (Å²) in [5.74, 6) is 0.595. The van der Waals surface area contributed by atoms with Crippen LogP contribution in [0.1, 0.15) is 16.7 Å². The van der Waals surface area contributed by atoms with Crippen molar-refractivity contribution < 1.29 is 8.81 Å². The summed E-state index contributed by atoms with van der Waals surface area (Å²) in [6.07, 6.45) is 0. The van der Waals surface area contributed by atoms with E-state index in [2.05, 4.69) is 29.3 Å². The number of aryl methyl sites for hydroxylation is 3. The van der Waals surface area contributed by atoms with E-state index < -0.39 is 0 Å². The summed E-state index contributed by atoms with van der Waals surface area (Å²) in [5.41, 5.74) is 5.06. The first-order valence-electron chi connectivity index (χ1n) is 6.72. The lowest BCUT2D eigenvalue weighted by molar-refractivity contribution is 0.583. The van der Waals surface area contributed by atoms with Crippen LogP contribution in [-0.4, -0.2) is 10.2 Å². The number of benzene rings is 2. The van der Waals surface area contributed by atoms with Crippen LogP contribution in [0.5, 0.6) is 0 Å². The molecule has 0 radical (unpaired) electrons. The molecule has 0 aliphatic carbocycles. The van der Waals surface area contributed by atoms with Gasteiger partial charge in [-0.2, -0.15) is 0 Å². The Balaban J connectivity index is 2.05. The highest BCUT2D eigenvalue weighted by Crippen LogP contribution is 2.29. The smallest absolute Gasteiger partial charge is 0.248 e. The number of hydrogen-bond donors (Lipinski definition) is 0. The largest absolute Gasteiger partial charge is 0.416 e. The summed E-state index contributed by atoms with van der Waals surface area (Å²) in [6, 6.07) is 10.2. The molecular formula is C17H15FN2O. The minimum absolute atomic E-state index is 0.288. The molecule has 0 unspecified atom stereocenters. The molecule has 0 spiro atoms. The van der Waals surface area contributed by atoms with Crippen molar-refractivity contribution in [3.8, 4) is 22.9 Å². The standard InChI is InChI=1S/C17H15FN2O/c1-10-8-11(2)15(12(3)9-10)17-20-19-16(21-17)13-4-6-14(18)7-5-13/h4-9H,1-3H3. The van der Waals surface area contributed by atoms with Crippen LogP contribution >= 0.6 is 0 Å². The molecular weight excluding hydrogens is 267 g/mol. The summed E-state index contributed by atoms with van der Waals surface area (Å²) >= 11 is 0. The van der Waals surface area contributed by atoms with Crippen LogP contribution in [0, 0.1) is 26.6 Å². The molecule has 0 N–H and O–H groups in total. The number of nitrogens with zero attached hydrogens (tertiary/aromatic N) is 2. The molecule has 21 heavy (non-hydrogen) atoms. The van der Waals surface area contributed by atoms with E-state index in [9.17, 15) is 4.39 Å². The summed E-state index contributed by atoms with van der Waals surface area (Å²) < 4.78 is 18.7. The van der Waals surface area contributed by atoms with Crippen LogP contribution < -0.4 is 0 Å². The van der Waals surface area contributed by atoms with Gasteiger partial charge in [-0.15, -0.1) is 10.2 Å². The molecule has 0 saturated carbocycles. The fourth-order valence-corrected chi connectivity index (χ4v) is 2.55. The van der Waals surface area contributed by atoms with Gasteiger partial charge in [0.1, 0.15) is 5.82 Å². The fourth-order valence-electron chi connectivity index (χ4n) is 2.55. The molecule has 1 aromatic heterocycles. The number of aromatic nitrogens is 2. The van der Waals surface area contributed by atoms with Gasteiger partial charge in [-0.05, 0) is 56.2 Å². The van der Waals surface area contributed by atoms with Gasteiger partial charge in [-0.1, -0.05) is 17.7 Å². The first-order chi connectivity index (χ1) is 10.0. The second-order valence-corrected chi connectivity index (χ2v) is 5.19. The first-order valence-corrected chi connectivity index (χ1v) is 6.72. The highest BCUT2D eigenvalue weighted by atomic mass is 19.1. The Kier molecular flexibility index (Phi) is 3.29. The van der Waals surface area contributed by atoms with E-state index >= 15 is 0 Å². The van der Waals surface area contributed by atoms with E-state index in [0.29, 0.717) is 17.3 Å². The summed E-state index contributed by atoms with van der Waals surface area (Å²) in [4.78, 5) is 0. The predicted octanol–water partition coefficient (Wildman–Crippen LogP) is 4.47. The van der Waals surface area contributed by atoms with Crippen LogP contribution in [0.3, 0.4) is 0 Å². The van der Waals surface area contributed by atoms with Crippen LogP contribution in [0.2, 0.25) is 0 Å². The highest BCUT2D eigenvalue weighted by molar-refractivity contribution is 5.65. The summed E-state index contributed by atoms with van der Waals surface area (Å²) in [5, 5.41) is 8.18. The van der Waals surface area contributed by atoms with Crippen LogP contribution in [0.15, 0.2) is 40.8 Å². The number of halogens is 1. The van der Waals surface area contributed by atoms with E-state index in [0.717, 1.165) is 16.7 Å². The van der Waals surface area contributed by atoms with E-state index in [1.54, 1.807) is 12.1 Å². The van der Waals surface area contributed by atoms with Gasteiger partial charge in [0.2, 0.25) is 11.8 Å². The Hall–Kier alpha value is -2.49. The summed E-state index contributed by atoms with van der Waals surface area (Å²) in [6.45, 7) is 6.11. The van der Waals surface area contributed by atoms with Crippen molar-refractivity contribution in [3.63, 3.8) is 0 Å². The molecule has 3 nitrogen and oxygen atoms in total. The Morgan fingerprint density at radius 2 is 1.43 bits per heavy atom. The lowest BCUT2D eigenvalue weighted by Gasteiger charge is -2.07. The minimum Gasteiger partial charge on any atom is -0.416 e.